The molecule has 1 aromatic rings. The van der Waals surface area contributed by atoms with E-state index in [-0.39, 0.29) is 12.8 Å². The lowest BCUT2D eigenvalue weighted by atomic mass is 10.1. The van der Waals surface area contributed by atoms with Crippen LogP contribution in [0.25, 0.3) is 0 Å². The van der Waals surface area contributed by atoms with E-state index in [1.54, 1.807) is 0 Å². The number of benzene rings is 1. The minimum absolute atomic E-state index is 0.00305. The monoisotopic (exact) mass is 337 g/mol. The summed E-state index contributed by atoms with van der Waals surface area (Å²) >= 11 is 2.27. The van der Waals surface area contributed by atoms with Crippen LogP contribution >= 0.6 is 22.6 Å². The van der Waals surface area contributed by atoms with Crippen molar-refractivity contribution >= 4 is 22.6 Å². The highest BCUT2D eigenvalue weighted by Crippen LogP contribution is 2.28. The van der Waals surface area contributed by atoms with Crippen molar-refractivity contribution in [2.45, 2.75) is 25.3 Å². The summed E-state index contributed by atoms with van der Waals surface area (Å²) in [5.74, 6) is -2.44. The molecule has 16 heavy (non-hydrogen) atoms. The summed E-state index contributed by atoms with van der Waals surface area (Å²) in [6, 6.07) is 8.20. The third-order valence-corrected chi connectivity index (χ3v) is 3.55. The predicted octanol–water partition coefficient (Wildman–Crippen LogP) is 3.52. The van der Waals surface area contributed by atoms with Crippen LogP contribution in [-0.4, -0.2) is 23.9 Å². The van der Waals surface area contributed by atoms with E-state index < -0.39 is 5.92 Å². The molecule has 0 unspecified atom stereocenters. The van der Waals surface area contributed by atoms with E-state index >= 15 is 0 Å². The number of hydrogen-bond acceptors (Lipinski definition) is 1. The second-order valence-corrected chi connectivity index (χ2v) is 5.51. The van der Waals surface area contributed by atoms with Crippen molar-refractivity contribution in [2.24, 2.45) is 0 Å². The molecule has 1 aliphatic heterocycles. The first-order valence-corrected chi connectivity index (χ1v) is 6.48. The summed E-state index contributed by atoms with van der Waals surface area (Å²) in [4.78, 5) is 2.10. The van der Waals surface area contributed by atoms with E-state index in [1.807, 2.05) is 12.1 Å². The molecule has 0 atom stereocenters. The fourth-order valence-corrected chi connectivity index (χ4v) is 2.54. The van der Waals surface area contributed by atoms with Gasteiger partial charge >= 0.3 is 0 Å². The molecule has 1 heterocycles. The lowest BCUT2D eigenvalue weighted by Crippen LogP contribution is -2.38. The molecule has 0 radical (unpaired) electrons. The van der Waals surface area contributed by atoms with Crippen LogP contribution in [0.1, 0.15) is 18.4 Å². The van der Waals surface area contributed by atoms with Crippen LogP contribution in [0, 0.1) is 3.57 Å². The minimum atomic E-state index is -2.44. The molecule has 0 amide bonds. The Hall–Kier alpha value is -0.230. The lowest BCUT2D eigenvalue weighted by Gasteiger charge is -2.31. The molecule has 0 N–H and O–H groups in total. The summed E-state index contributed by atoms with van der Waals surface area (Å²) in [5.41, 5.74) is 1.21. The molecule has 1 fully saturated rings. The first-order chi connectivity index (χ1) is 7.55. The van der Waals surface area contributed by atoms with Crippen LogP contribution in [0.2, 0.25) is 0 Å². The Labute approximate surface area is 108 Å². The van der Waals surface area contributed by atoms with Gasteiger partial charge in [0.05, 0.1) is 0 Å². The zero-order valence-corrected chi connectivity index (χ0v) is 11.1. The molecule has 0 bridgehead atoms. The van der Waals surface area contributed by atoms with Crippen LogP contribution in [0.3, 0.4) is 0 Å². The van der Waals surface area contributed by atoms with Crippen LogP contribution in [-0.2, 0) is 6.54 Å². The van der Waals surface area contributed by atoms with Gasteiger partial charge in [-0.2, -0.15) is 0 Å². The molecule has 1 aromatic carbocycles. The van der Waals surface area contributed by atoms with Crippen molar-refractivity contribution in [3.05, 3.63) is 33.4 Å². The summed E-state index contributed by atoms with van der Waals surface area (Å²) in [6.07, 6.45) is -0.00610. The van der Waals surface area contributed by atoms with E-state index in [2.05, 4.69) is 39.6 Å². The van der Waals surface area contributed by atoms with E-state index in [9.17, 15) is 8.78 Å². The Morgan fingerprint density at radius 2 is 1.94 bits per heavy atom. The Morgan fingerprint density at radius 1 is 1.25 bits per heavy atom. The third kappa shape index (κ3) is 3.38. The molecule has 0 aromatic heterocycles. The van der Waals surface area contributed by atoms with Crippen LogP contribution < -0.4 is 0 Å². The Morgan fingerprint density at radius 3 is 2.56 bits per heavy atom. The number of piperidine rings is 1. The molecular weight excluding hydrogens is 323 g/mol. The molecule has 1 nitrogen and oxygen atoms in total. The highest BCUT2D eigenvalue weighted by molar-refractivity contribution is 14.1. The van der Waals surface area contributed by atoms with Crippen LogP contribution in [0.15, 0.2) is 24.3 Å². The van der Waals surface area contributed by atoms with Crippen molar-refractivity contribution in [3.8, 4) is 0 Å². The van der Waals surface area contributed by atoms with E-state index in [0.29, 0.717) is 13.1 Å². The summed E-state index contributed by atoms with van der Waals surface area (Å²) in [6.45, 7) is 1.78. The second kappa shape index (κ2) is 4.96. The molecule has 0 spiro atoms. The highest BCUT2D eigenvalue weighted by atomic mass is 127. The van der Waals surface area contributed by atoms with E-state index in [1.165, 1.54) is 9.13 Å². The molecule has 0 aliphatic carbocycles. The maximum absolute atomic E-state index is 13.0. The van der Waals surface area contributed by atoms with Crippen molar-refractivity contribution in [3.63, 3.8) is 0 Å². The Balaban J connectivity index is 1.92. The molecule has 1 saturated heterocycles. The SMILES string of the molecule is FC1(F)CCN(Cc2cccc(I)c2)CC1. The molecule has 0 saturated carbocycles. The van der Waals surface area contributed by atoms with Gasteiger partial charge in [-0.05, 0) is 40.3 Å². The topological polar surface area (TPSA) is 3.24 Å². The van der Waals surface area contributed by atoms with Gasteiger partial charge in [0.2, 0.25) is 0 Å². The largest absolute Gasteiger partial charge is 0.299 e. The summed E-state index contributed by atoms with van der Waals surface area (Å²) < 4.78 is 27.1. The fourth-order valence-electron chi connectivity index (χ4n) is 1.93. The maximum Gasteiger partial charge on any atom is 0.250 e. The molecule has 88 valence electrons. The van der Waals surface area contributed by atoms with Gasteiger partial charge in [0, 0.05) is 36.0 Å². The van der Waals surface area contributed by atoms with Gasteiger partial charge in [-0.3, -0.25) is 4.90 Å². The standard InChI is InChI=1S/C12H14F2IN/c13-12(14)4-6-16(7-5-12)9-10-2-1-3-11(15)8-10/h1-3,8H,4-7,9H2. The van der Waals surface area contributed by atoms with Crippen molar-refractivity contribution < 1.29 is 8.78 Å². The average Bonchev–Trinajstić information content (AvgIpc) is 2.21. The van der Waals surface area contributed by atoms with Gasteiger partial charge in [-0.15, -0.1) is 0 Å². The number of alkyl halides is 2. The Kier molecular flexibility index (Phi) is 3.79. The minimum Gasteiger partial charge on any atom is -0.299 e. The zero-order valence-electron chi connectivity index (χ0n) is 8.93. The third-order valence-electron chi connectivity index (χ3n) is 2.88. The molecule has 1 aliphatic rings. The van der Waals surface area contributed by atoms with Gasteiger partial charge in [0.25, 0.3) is 5.92 Å². The van der Waals surface area contributed by atoms with Crippen molar-refractivity contribution in [1.82, 2.24) is 4.90 Å². The number of hydrogen-bond donors (Lipinski definition) is 0. The smallest absolute Gasteiger partial charge is 0.250 e. The number of nitrogens with zero attached hydrogens (tertiary/aromatic N) is 1. The summed E-state index contributed by atoms with van der Waals surface area (Å²) in [7, 11) is 0. The molecule has 2 rings (SSSR count). The maximum atomic E-state index is 13.0. The van der Waals surface area contributed by atoms with Gasteiger partial charge in [-0.25, -0.2) is 8.78 Å². The molecule has 4 heteroatoms. The van der Waals surface area contributed by atoms with Gasteiger partial charge in [0.15, 0.2) is 0 Å². The van der Waals surface area contributed by atoms with E-state index in [4.69, 9.17) is 0 Å². The van der Waals surface area contributed by atoms with Crippen LogP contribution in [0.4, 0.5) is 8.78 Å². The first-order valence-electron chi connectivity index (χ1n) is 5.40. The molecular formula is C12H14F2IN. The van der Waals surface area contributed by atoms with Crippen molar-refractivity contribution in [2.75, 3.05) is 13.1 Å². The van der Waals surface area contributed by atoms with Gasteiger partial charge < -0.3 is 0 Å². The van der Waals surface area contributed by atoms with Gasteiger partial charge in [-0.1, -0.05) is 12.1 Å². The first kappa shape index (κ1) is 12.2. The predicted molar refractivity (Wildman–Crippen MR) is 68.6 cm³/mol. The quantitative estimate of drug-likeness (QED) is 0.747. The fraction of sp³-hybridized carbons (Fsp3) is 0.500. The Bertz CT molecular complexity index is 358. The van der Waals surface area contributed by atoms with Crippen LogP contribution in [0.5, 0.6) is 0 Å². The number of likely N-dealkylation sites (tertiary alicyclic amines) is 1. The van der Waals surface area contributed by atoms with E-state index in [0.717, 1.165) is 6.54 Å². The number of rotatable bonds is 2. The summed E-state index contributed by atoms with van der Waals surface area (Å²) in [5, 5.41) is 0. The second-order valence-electron chi connectivity index (χ2n) is 4.26. The van der Waals surface area contributed by atoms with Gasteiger partial charge in [0.1, 0.15) is 0 Å². The average molecular weight is 337 g/mol. The highest BCUT2D eigenvalue weighted by Gasteiger charge is 2.33. The normalized spacial score (nSPS) is 20.9. The zero-order chi connectivity index (χ0) is 11.6. The number of halogens is 3. The lowest BCUT2D eigenvalue weighted by molar-refractivity contribution is -0.0566. The van der Waals surface area contributed by atoms with Crippen molar-refractivity contribution in [1.29, 1.82) is 0 Å².